The van der Waals surface area contributed by atoms with E-state index < -0.39 is 0 Å². The van der Waals surface area contributed by atoms with E-state index in [2.05, 4.69) is 17.6 Å². The molecule has 0 spiro atoms. The van der Waals surface area contributed by atoms with Crippen molar-refractivity contribution in [1.82, 2.24) is 10.6 Å². The number of carbonyl (C=O) groups is 1. The summed E-state index contributed by atoms with van der Waals surface area (Å²) in [6.07, 6.45) is 3.80. The minimum atomic E-state index is 0.243. The van der Waals surface area contributed by atoms with Crippen LogP contribution in [0.4, 0.5) is 0 Å². The van der Waals surface area contributed by atoms with Crippen LogP contribution in [0, 0.1) is 11.3 Å². The third kappa shape index (κ3) is 1.85. The molecule has 1 saturated heterocycles. The Morgan fingerprint density at radius 2 is 2.23 bits per heavy atom. The summed E-state index contributed by atoms with van der Waals surface area (Å²) in [7, 11) is 0. The molecule has 0 unspecified atom stereocenters. The first-order valence-corrected chi connectivity index (χ1v) is 5.24. The summed E-state index contributed by atoms with van der Waals surface area (Å²) in [4.78, 5) is 11.5. The molecule has 3 nitrogen and oxygen atoms in total. The minimum Gasteiger partial charge on any atom is -0.355 e. The molecular formula is C10H18N2O. The number of nitrogens with one attached hydrogen (secondary N) is 2. The van der Waals surface area contributed by atoms with Gasteiger partial charge in [-0.2, -0.15) is 0 Å². The number of hydrogen-bond donors (Lipinski definition) is 2. The highest BCUT2D eigenvalue weighted by Crippen LogP contribution is 2.47. The molecule has 2 N–H and O–H groups in total. The second kappa shape index (κ2) is 3.29. The van der Waals surface area contributed by atoms with E-state index in [-0.39, 0.29) is 11.8 Å². The molecule has 1 aliphatic heterocycles. The van der Waals surface area contributed by atoms with Crippen LogP contribution >= 0.6 is 0 Å². The Morgan fingerprint density at radius 1 is 1.54 bits per heavy atom. The summed E-state index contributed by atoms with van der Waals surface area (Å²) in [6, 6.07) is 0. The van der Waals surface area contributed by atoms with E-state index in [1.54, 1.807) is 0 Å². The van der Waals surface area contributed by atoms with Gasteiger partial charge in [0.15, 0.2) is 0 Å². The highest BCUT2D eigenvalue weighted by molar-refractivity contribution is 5.80. The van der Waals surface area contributed by atoms with E-state index in [9.17, 15) is 4.79 Å². The van der Waals surface area contributed by atoms with Gasteiger partial charge >= 0.3 is 0 Å². The Morgan fingerprint density at radius 3 is 2.62 bits per heavy atom. The Kier molecular flexibility index (Phi) is 2.28. The fraction of sp³-hybridized carbons (Fsp3) is 0.900. The van der Waals surface area contributed by atoms with Crippen LogP contribution in [0.2, 0.25) is 0 Å². The summed E-state index contributed by atoms with van der Waals surface area (Å²) >= 11 is 0. The first-order valence-electron chi connectivity index (χ1n) is 5.24. The molecule has 1 heterocycles. The van der Waals surface area contributed by atoms with E-state index in [1.807, 2.05) is 0 Å². The summed E-state index contributed by atoms with van der Waals surface area (Å²) in [6.45, 7) is 4.85. The minimum absolute atomic E-state index is 0.243. The molecule has 1 aliphatic carbocycles. The monoisotopic (exact) mass is 182 g/mol. The SMILES string of the molecule is CCC1(CNC(=O)C2CNC2)CC1. The van der Waals surface area contributed by atoms with Gasteiger partial charge in [-0.25, -0.2) is 0 Å². The van der Waals surface area contributed by atoms with Gasteiger partial charge in [0, 0.05) is 19.6 Å². The molecule has 3 heteroatoms. The van der Waals surface area contributed by atoms with Gasteiger partial charge in [-0.05, 0) is 24.7 Å². The Hall–Kier alpha value is -0.570. The van der Waals surface area contributed by atoms with Crippen molar-refractivity contribution in [2.45, 2.75) is 26.2 Å². The Bertz CT molecular complexity index is 207. The maximum Gasteiger partial charge on any atom is 0.225 e. The summed E-state index contributed by atoms with van der Waals surface area (Å²) in [5, 5.41) is 6.17. The second-order valence-electron chi connectivity index (χ2n) is 4.43. The highest BCUT2D eigenvalue weighted by Gasteiger charge is 2.41. The van der Waals surface area contributed by atoms with Crippen molar-refractivity contribution in [2.75, 3.05) is 19.6 Å². The van der Waals surface area contributed by atoms with Crippen molar-refractivity contribution in [3.8, 4) is 0 Å². The van der Waals surface area contributed by atoms with Crippen LogP contribution in [0.15, 0.2) is 0 Å². The highest BCUT2D eigenvalue weighted by atomic mass is 16.2. The van der Waals surface area contributed by atoms with Gasteiger partial charge in [0.1, 0.15) is 0 Å². The fourth-order valence-corrected chi connectivity index (χ4v) is 1.73. The lowest BCUT2D eigenvalue weighted by molar-refractivity contribution is -0.126. The molecule has 2 aliphatic rings. The van der Waals surface area contributed by atoms with Crippen LogP contribution in [0.5, 0.6) is 0 Å². The number of amides is 1. The van der Waals surface area contributed by atoms with Crippen molar-refractivity contribution in [3.05, 3.63) is 0 Å². The predicted octanol–water partition coefficient (Wildman–Crippen LogP) is 0.512. The Balaban J connectivity index is 1.69. The molecule has 74 valence electrons. The van der Waals surface area contributed by atoms with Crippen molar-refractivity contribution < 1.29 is 4.79 Å². The predicted molar refractivity (Wildman–Crippen MR) is 51.3 cm³/mol. The summed E-state index contributed by atoms with van der Waals surface area (Å²) in [5.74, 6) is 0.492. The van der Waals surface area contributed by atoms with Gasteiger partial charge < -0.3 is 10.6 Å². The zero-order valence-electron chi connectivity index (χ0n) is 8.23. The third-order valence-corrected chi connectivity index (χ3v) is 3.50. The van der Waals surface area contributed by atoms with Crippen LogP contribution in [-0.2, 0) is 4.79 Å². The summed E-state index contributed by atoms with van der Waals surface area (Å²) < 4.78 is 0. The molecule has 0 atom stereocenters. The van der Waals surface area contributed by atoms with Gasteiger partial charge in [-0.15, -0.1) is 0 Å². The largest absolute Gasteiger partial charge is 0.355 e. The topological polar surface area (TPSA) is 41.1 Å². The zero-order valence-corrected chi connectivity index (χ0v) is 8.23. The standard InChI is InChI=1S/C10H18N2O/c1-2-10(3-4-10)7-12-9(13)8-5-11-6-8/h8,11H,2-7H2,1H3,(H,12,13). The van der Waals surface area contributed by atoms with E-state index >= 15 is 0 Å². The zero-order chi connectivity index (χ0) is 9.31. The molecular weight excluding hydrogens is 164 g/mol. The number of hydrogen-bond acceptors (Lipinski definition) is 2. The van der Waals surface area contributed by atoms with Crippen LogP contribution in [0.1, 0.15) is 26.2 Å². The quantitative estimate of drug-likeness (QED) is 0.665. The van der Waals surface area contributed by atoms with E-state index in [4.69, 9.17) is 0 Å². The van der Waals surface area contributed by atoms with Crippen molar-refractivity contribution in [3.63, 3.8) is 0 Å². The first kappa shape index (κ1) is 9.00. The maximum absolute atomic E-state index is 11.5. The van der Waals surface area contributed by atoms with Gasteiger partial charge in [0.25, 0.3) is 0 Å². The molecule has 0 aromatic rings. The van der Waals surface area contributed by atoms with Crippen molar-refractivity contribution >= 4 is 5.91 Å². The molecule has 0 radical (unpaired) electrons. The smallest absolute Gasteiger partial charge is 0.225 e. The average Bonchev–Trinajstić information content (AvgIpc) is 2.78. The average molecular weight is 182 g/mol. The van der Waals surface area contributed by atoms with Gasteiger partial charge in [-0.1, -0.05) is 6.92 Å². The fourth-order valence-electron chi connectivity index (χ4n) is 1.73. The molecule has 2 fully saturated rings. The third-order valence-electron chi connectivity index (χ3n) is 3.50. The van der Waals surface area contributed by atoms with Crippen LogP contribution in [0.25, 0.3) is 0 Å². The maximum atomic E-state index is 11.5. The molecule has 1 amide bonds. The number of carbonyl (C=O) groups excluding carboxylic acids is 1. The molecule has 2 rings (SSSR count). The van der Waals surface area contributed by atoms with Crippen LogP contribution in [0.3, 0.4) is 0 Å². The van der Waals surface area contributed by atoms with Crippen LogP contribution < -0.4 is 10.6 Å². The van der Waals surface area contributed by atoms with Crippen LogP contribution in [-0.4, -0.2) is 25.5 Å². The van der Waals surface area contributed by atoms with Gasteiger partial charge in [-0.3, -0.25) is 4.79 Å². The molecule has 1 saturated carbocycles. The lowest BCUT2D eigenvalue weighted by atomic mass is 10.0. The van der Waals surface area contributed by atoms with Crippen molar-refractivity contribution in [1.29, 1.82) is 0 Å². The number of rotatable bonds is 4. The lowest BCUT2D eigenvalue weighted by Gasteiger charge is -2.26. The second-order valence-corrected chi connectivity index (χ2v) is 4.43. The molecule has 13 heavy (non-hydrogen) atoms. The Labute approximate surface area is 79.3 Å². The van der Waals surface area contributed by atoms with E-state index in [0.717, 1.165) is 19.6 Å². The molecule has 0 bridgehead atoms. The van der Waals surface area contributed by atoms with E-state index in [0.29, 0.717) is 5.41 Å². The first-order chi connectivity index (χ1) is 6.26. The molecule has 0 aromatic heterocycles. The van der Waals surface area contributed by atoms with Gasteiger partial charge in [0.2, 0.25) is 5.91 Å². The normalized spacial score (nSPS) is 25.0. The lowest BCUT2D eigenvalue weighted by Crippen LogP contribution is -2.51. The summed E-state index contributed by atoms with van der Waals surface area (Å²) in [5.41, 5.74) is 0.479. The van der Waals surface area contributed by atoms with Crippen molar-refractivity contribution in [2.24, 2.45) is 11.3 Å². The molecule has 0 aromatic carbocycles. The van der Waals surface area contributed by atoms with E-state index in [1.165, 1.54) is 19.3 Å². The van der Waals surface area contributed by atoms with Gasteiger partial charge in [0.05, 0.1) is 5.92 Å².